The van der Waals surface area contributed by atoms with E-state index in [1.54, 1.807) is 0 Å². The van der Waals surface area contributed by atoms with Gasteiger partial charge in [0.1, 0.15) is 38.1 Å². The number of rotatable bonds is 14. The zero-order valence-electron chi connectivity index (χ0n) is 15.0. The number of hydrogen-bond acceptors (Lipinski definition) is 11. The van der Waals surface area contributed by atoms with E-state index < -0.39 is 53.3 Å². The average molecular weight is 463 g/mol. The fraction of sp³-hybridized carbons (Fsp3) is 0.667. The van der Waals surface area contributed by atoms with Crippen LogP contribution in [0.1, 0.15) is 0 Å². The molecule has 0 saturated heterocycles. The SMILES string of the molecule is Nc1nc(OC[C@@H](CO)OCP(=O)(O)O)cc(OC[C@@H](CO)OCP(=O)(O)O)n1. The fourth-order valence-electron chi connectivity index (χ4n) is 1.64. The van der Waals surface area contributed by atoms with Crippen LogP contribution in [-0.2, 0) is 18.6 Å². The topological polar surface area (TPSA) is 244 Å². The van der Waals surface area contributed by atoms with E-state index in [0.29, 0.717) is 0 Å². The molecule has 0 fully saturated rings. The first-order valence-corrected chi connectivity index (χ1v) is 11.5. The minimum Gasteiger partial charge on any atom is -0.475 e. The van der Waals surface area contributed by atoms with Gasteiger partial charge in [0.05, 0.1) is 19.3 Å². The molecule has 1 rings (SSSR count). The maximum atomic E-state index is 10.8. The van der Waals surface area contributed by atoms with E-state index >= 15 is 0 Å². The normalized spacial score (nSPS) is 14.4. The van der Waals surface area contributed by atoms with Crippen molar-refractivity contribution in [3.63, 3.8) is 0 Å². The van der Waals surface area contributed by atoms with E-state index in [1.807, 2.05) is 0 Å². The van der Waals surface area contributed by atoms with E-state index in [1.165, 1.54) is 6.07 Å². The van der Waals surface area contributed by atoms with Crippen molar-refractivity contribution in [2.45, 2.75) is 12.2 Å². The van der Waals surface area contributed by atoms with Crippen molar-refractivity contribution in [2.24, 2.45) is 0 Å². The Morgan fingerprint density at radius 2 is 1.24 bits per heavy atom. The molecule has 1 aromatic heterocycles. The van der Waals surface area contributed by atoms with Gasteiger partial charge in [-0.3, -0.25) is 9.13 Å². The van der Waals surface area contributed by atoms with E-state index in [4.69, 9.17) is 54.5 Å². The molecule has 1 heterocycles. The Morgan fingerprint density at radius 3 is 1.55 bits per heavy atom. The summed E-state index contributed by atoms with van der Waals surface area (Å²) in [4.78, 5) is 42.6. The largest absolute Gasteiger partial charge is 0.475 e. The summed E-state index contributed by atoms with van der Waals surface area (Å²) < 4.78 is 41.7. The van der Waals surface area contributed by atoms with E-state index in [9.17, 15) is 9.13 Å². The van der Waals surface area contributed by atoms with Gasteiger partial charge in [-0.2, -0.15) is 9.97 Å². The van der Waals surface area contributed by atoms with Gasteiger partial charge in [-0.05, 0) is 0 Å². The minimum absolute atomic E-state index is 0.109. The monoisotopic (exact) mass is 463 g/mol. The molecule has 0 aliphatic heterocycles. The van der Waals surface area contributed by atoms with Crippen LogP contribution in [0.4, 0.5) is 5.95 Å². The van der Waals surface area contributed by atoms with Crippen molar-refractivity contribution in [3.8, 4) is 11.8 Å². The lowest BCUT2D eigenvalue weighted by Gasteiger charge is -2.18. The van der Waals surface area contributed by atoms with Crippen molar-refractivity contribution in [3.05, 3.63) is 6.07 Å². The fourth-order valence-corrected chi connectivity index (χ4v) is 2.45. The second-order valence-electron chi connectivity index (χ2n) is 5.55. The van der Waals surface area contributed by atoms with Crippen molar-refractivity contribution in [2.75, 3.05) is 44.9 Å². The van der Waals surface area contributed by atoms with E-state index in [0.717, 1.165) is 0 Å². The van der Waals surface area contributed by atoms with Gasteiger partial charge in [0.15, 0.2) is 0 Å². The lowest BCUT2D eigenvalue weighted by molar-refractivity contribution is -0.00130. The van der Waals surface area contributed by atoms with Crippen LogP contribution in [0.15, 0.2) is 6.07 Å². The minimum atomic E-state index is -4.42. The molecular weight excluding hydrogens is 440 g/mol. The lowest BCUT2D eigenvalue weighted by Crippen LogP contribution is -2.27. The summed E-state index contributed by atoms with van der Waals surface area (Å²) in [5.74, 6) is -0.476. The van der Waals surface area contributed by atoms with Gasteiger partial charge in [0.25, 0.3) is 0 Å². The number of aliphatic hydroxyl groups is 2. The maximum absolute atomic E-state index is 10.8. The first-order chi connectivity index (χ1) is 13.4. The average Bonchev–Trinajstić information content (AvgIpc) is 2.60. The predicted octanol–water partition coefficient (Wildman–Crippen LogP) is -2.16. The first kappa shape index (κ1) is 25.7. The highest BCUT2D eigenvalue weighted by Gasteiger charge is 2.20. The first-order valence-electron chi connectivity index (χ1n) is 7.86. The Hall–Kier alpha value is -1.38. The van der Waals surface area contributed by atoms with Crippen LogP contribution >= 0.6 is 15.2 Å². The summed E-state index contributed by atoms with van der Waals surface area (Å²) in [5.41, 5.74) is 5.52. The van der Waals surface area contributed by atoms with Gasteiger partial charge in [0.2, 0.25) is 17.7 Å². The summed E-state index contributed by atoms with van der Waals surface area (Å²) in [6.45, 7) is -1.81. The summed E-state index contributed by atoms with van der Waals surface area (Å²) in [5, 5.41) is 18.3. The Morgan fingerprint density at radius 1 is 0.862 bits per heavy atom. The predicted molar refractivity (Wildman–Crippen MR) is 95.2 cm³/mol. The Labute approximate surface area is 164 Å². The van der Waals surface area contributed by atoms with Crippen LogP contribution in [-0.4, -0.2) is 91.1 Å². The molecule has 0 spiro atoms. The molecule has 0 aromatic carbocycles. The molecule has 0 saturated carbocycles. The van der Waals surface area contributed by atoms with Crippen LogP contribution in [0.2, 0.25) is 0 Å². The molecule has 0 unspecified atom stereocenters. The molecule has 29 heavy (non-hydrogen) atoms. The van der Waals surface area contributed by atoms with Crippen LogP contribution in [0, 0.1) is 0 Å². The molecule has 2 atom stereocenters. The van der Waals surface area contributed by atoms with Crippen molar-refractivity contribution in [1.82, 2.24) is 9.97 Å². The molecule has 1 aromatic rings. The van der Waals surface area contributed by atoms with Gasteiger partial charge in [-0.25, -0.2) is 0 Å². The maximum Gasteiger partial charge on any atom is 0.350 e. The summed E-state index contributed by atoms with van der Waals surface area (Å²) in [6.07, 6.45) is -3.91. The van der Waals surface area contributed by atoms with E-state index in [-0.39, 0.29) is 30.9 Å². The summed E-state index contributed by atoms with van der Waals surface area (Å²) in [6, 6.07) is 1.19. The van der Waals surface area contributed by atoms with Gasteiger partial charge in [-0.15, -0.1) is 0 Å². The summed E-state index contributed by atoms with van der Waals surface area (Å²) >= 11 is 0. The Bertz CT molecular complexity index is 670. The molecule has 168 valence electrons. The molecule has 17 heteroatoms. The molecule has 0 aliphatic carbocycles. The lowest BCUT2D eigenvalue weighted by atomic mass is 10.4. The van der Waals surface area contributed by atoms with Crippen LogP contribution in [0.5, 0.6) is 11.8 Å². The Kier molecular flexibility index (Phi) is 10.4. The van der Waals surface area contributed by atoms with Gasteiger partial charge in [0, 0.05) is 0 Å². The molecule has 8 N–H and O–H groups in total. The van der Waals surface area contributed by atoms with Gasteiger partial charge in [-0.1, -0.05) is 0 Å². The quantitative estimate of drug-likeness (QED) is 0.145. The van der Waals surface area contributed by atoms with Crippen LogP contribution < -0.4 is 15.2 Å². The van der Waals surface area contributed by atoms with Gasteiger partial charge >= 0.3 is 15.2 Å². The summed E-state index contributed by atoms with van der Waals surface area (Å²) in [7, 11) is -8.84. The van der Waals surface area contributed by atoms with E-state index in [2.05, 4.69) is 9.97 Å². The number of hydrogen-bond donors (Lipinski definition) is 7. The Balaban J connectivity index is 2.62. The molecule has 0 radical (unpaired) electrons. The van der Waals surface area contributed by atoms with Crippen molar-refractivity contribution >= 4 is 21.1 Å². The molecule has 0 bridgehead atoms. The zero-order valence-corrected chi connectivity index (χ0v) is 16.8. The van der Waals surface area contributed by atoms with Crippen molar-refractivity contribution in [1.29, 1.82) is 0 Å². The molecule has 15 nitrogen and oxygen atoms in total. The third kappa shape index (κ3) is 12.0. The number of nitrogen functional groups attached to an aromatic ring is 1. The standard InChI is InChI=1S/C12H23N3O12P2/c13-12-14-10(24-4-8(2-16)26-6-28(18,19)20)1-11(15-12)25-5-9(3-17)27-7-29(21,22)23/h1,8-9,16-17H,2-7H2,(H2,13,14,15)(H2,18,19,20)(H2,21,22,23)/t8-,9-/m1/s1. The van der Waals surface area contributed by atoms with Crippen LogP contribution in [0.3, 0.4) is 0 Å². The third-order valence-electron chi connectivity index (χ3n) is 2.89. The van der Waals surface area contributed by atoms with Crippen molar-refractivity contribution < 1.29 is 57.9 Å². The number of ether oxygens (including phenoxy) is 4. The third-order valence-corrected chi connectivity index (χ3v) is 3.87. The molecular formula is C12H23N3O12P2. The second-order valence-corrected chi connectivity index (χ2v) is 8.73. The highest BCUT2D eigenvalue weighted by Crippen LogP contribution is 2.35. The second kappa shape index (κ2) is 11.7. The zero-order chi connectivity index (χ0) is 22.1. The van der Waals surface area contributed by atoms with Gasteiger partial charge < -0.3 is 54.5 Å². The number of aromatic nitrogens is 2. The highest BCUT2D eigenvalue weighted by molar-refractivity contribution is 7.51. The van der Waals surface area contributed by atoms with Crippen LogP contribution in [0.25, 0.3) is 0 Å². The number of nitrogens with two attached hydrogens (primary N) is 1. The highest BCUT2D eigenvalue weighted by atomic mass is 31.2. The number of anilines is 1. The number of aliphatic hydroxyl groups excluding tert-OH is 2. The molecule has 0 aliphatic rings. The smallest absolute Gasteiger partial charge is 0.350 e. The molecule has 0 amide bonds. The number of nitrogens with zero attached hydrogens (tertiary/aromatic N) is 2.